The molecule has 19 heavy (non-hydrogen) atoms. The van der Waals surface area contributed by atoms with E-state index in [0.29, 0.717) is 17.6 Å². The second kappa shape index (κ2) is 6.50. The van der Waals surface area contributed by atoms with Gasteiger partial charge in [-0.15, -0.1) is 11.3 Å². The van der Waals surface area contributed by atoms with Crippen LogP contribution >= 0.6 is 11.3 Å². The molecule has 1 amide bonds. The van der Waals surface area contributed by atoms with Gasteiger partial charge in [-0.25, -0.2) is 5.84 Å². The van der Waals surface area contributed by atoms with E-state index in [0.717, 1.165) is 29.2 Å². The van der Waals surface area contributed by atoms with Crippen molar-refractivity contribution in [3.63, 3.8) is 0 Å². The number of hydrazine groups is 1. The van der Waals surface area contributed by atoms with E-state index in [1.807, 2.05) is 13.0 Å². The summed E-state index contributed by atoms with van der Waals surface area (Å²) < 4.78 is 5.97. The molecule has 1 saturated carbocycles. The van der Waals surface area contributed by atoms with Crippen molar-refractivity contribution in [3.8, 4) is 0 Å². The Morgan fingerprint density at radius 3 is 2.79 bits per heavy atom. The number of hydrogen-bond donors (Lipinski definition) is 2. The number of thiophene rings is 1. The Morgan fingerprint density at radius 1 is 1.47 bits per heavy atom. The Balaban J connectivity index is 1.89. The van der Waals surface area contributed by atoms with Crippen molar-refractivity contribution in [2.45, 2.75) is 52.2 Å². The van der Waals surface area contributed by atoms with Crippen molar-refractivity contribution >= 4 is 17.2 Å². The average molecular weight is 282 g/mol. The van der Waals surface area contributed by atoms with Crippen LogP contribution in [0.2, 0.25) is 0 Å². The van der Waals surface area contributed by atoms with E-state index in [1.165, 1.54) is 24.2 Å². The van der Waals surface area contributed by atoms with E-state index in [2.05, 4.69) is 12.3 Å². The zero-order valence-corrected chi connectivity index (χ0v) is 12.4. The molecular weight excluding hydrogens is 260 g/mol. The maximum atomic E-state index is 11.5. The average Bonchev–Trinajstić information content (AvgIpc) is 2.79. The van der Waals surface area contributed by atoms with Crippen molar-refractivity contribution in [3.05, 3.63) is 21.4 Å². The van der Waals surface area contributed by atoms with E-state index >= 15 is 0 Å². The van der Waals surface area contributed by atoms with E-state index < -0.39 is 0 Å². The monoisotopic (exact) mass is 282 g/mol. The fourth-order valence-corrected chi connectivity index (χ4v) is 3.38. The minimum atomic E-state index is -0.231. The van der Waals surface area contributed by atoms with Gasteiger partial charge in [-0.05, 0) is 50.2 Å². The fraction of sp³-hybridized carbons (Fsp3) is 0.643. The van der Waals surface area contributed by atoms with E-state index in [9.17, 15) is 4.79 Å². The number of hydrogen-bond acceptors (Lipinski definition) is 4. The molecule has 1 aliphatic rings. The molecule has 3 N–H and O–H groups in total. The normalized spacial score (nSPS) is 23.3. The highest BCUT2D eigenvalue weighted by molar-refractivity contribution is 7.14. The van der Waals surface area contributed by atoms with Crippen LogP contribution in [-0.4, -0.2) is 12.0 Å². The maximum absolute atomic E-state index is 11.5. The van der Waals surface area contributed by atoms with Crippen molar-refractivity contribution < 1.29 is 9.53 Å². The van der Waals surface area contributed by atoms with Crippen LogP contribution in [0, 0.1) is 12.8 Å². The Labute approximate surface area is 118 Å². The molecule has 0 spiro atoms. The summed E-state index contributed by atoms with van der Waals surface area (Å²) in [5.74, 6) is 5.75. The van der Waals surface area contributed by atoms with Gasteiger partial charge in [0.25, 0.3) is 5.91 Å². The molecule has 0 unspecified atom stereocenters. The van der Waals surface area contributed by atoms with Crippen LogP contribution in [0.25, 0.3) is 0 Å². The third kappa shape index (κ3) is 3.78. The number of nitrogen functional groups attached to an aromatic ring is 1. The molecule has 5 heteroatoms. The summed E-state index contributed by atoms with van der Waals surface area (Å²) in [6.07, 6.45) is 5.20. The van der Waals surface area contributed by atoms with E-state index in [1.54, 1.807) is 0 Å². The van der Waals surface area contributed by atoms with Gasteiger partial charge in [-0.2, -0.15) is 0 Å². The number of nitrogens with two attached hydrogens (primary N) is 1. The topological polar surface area (TPSA) is 64.4 Å². The predicted octanol–water partition coefficient (Wildman–Crippen LogP) is 2.76. The number of aryl methyl sites for hydroxylation is 1. The molecule has 0 atom stereocenters. The van der Waals surface area contributed by atoms with Gasteiger partial charge in [-0.3, -0.25) is 10.2 Å². The Hall–Kier alpha value is -0.910. The lowest BCUT2D eigenvalue weighted by molar-refractivity contribution is 0.00872. The Bertz CT molecular complexity index is 437. The number of amides is 1. The summed E-state index contributed by atoms with van der Waals surface area (Å²) in [6.45, 7) is 4.91. The third-order valence-corrected chi connectivity index (χ3v) is 4.90. The third-order valence-electron chi connectivity index (χ3n) is 3.81. The standard InChI is InChI=1S/C14H22N2O2S/c1-9-3-5-12(6-4-9)18-8-11-7-13(14(17)16-15)19-10(11)2/h7,9,12H,3-6,8,15H2,1-2H3,(H,16,17). The Kier molecular flexibility index (Phi) is 4.96. The van der Waals surface area contributed by atoms with Crippen LogP contribution in [0.5, 0.6) is 0 Å². The summed E-state index contributed by atoms with van der Waals surface area (Å²) in [7, 11) is 0. The number of rotatable bonds is 4. The number of carbonyl (C=O) groups is 1. The summed E-state index contributed by atoms with van der Waals surface area (Å²) >= 11 is 1.46. The molecule has 1 aromatic rings. The minimum Gasteiger partial charge on any atom is -0.374 e. The molecule has 1 aliphatic carbocycles. The first-order valence-corrected chi connectivity index (χ1v) is 7.63. The van der Waals surface area contributed by atoms with Crippen LogP contribution < -0.4 is 11.3 Å². The largest absolute Gasteiger partial charge is 0.374 e. The smallest absolute Gasteiger partial charge is 0.275 e. The first-order chi connectivity index (χ1) is 9.10. The van der Waals surface area contributed by atoms with Crippen LogP contribution in [0.1, 0.15) is 52.7 Å². The number of nitrogens with one attached hydrogen (secondary N) is 1. The fourth-order valence-electron chi connectivity index (χ4n) is 2.45. The van der Waals surface area contributed by atoms with E-state index in [-0.39, 0.29) is 5.91 Å². The van der Waals surface area contributed by atoms with Gasteiger partial charge in [0.2, 0.25) is 0 Å². The van der Waals surface area contributed by atoms with Crippen LogP contribution in [0.4, 0.5) is 0 Å². The highest BCUT2D eigenvalue weighted by atomic mass is 32.1. The molecule has 0 aliphatic heterocycles. The highest BCUT2D eigenvalue weighted by Crippen LogP contribution is 2.28. The molecule has 106 valence electrons. The molecule has 1 fully saturated rings. The summed E-state index contributed by atoms with van der Waals surface area (Å²) in [6, 6.07) is 1.88. The van der Waals surface area contributed by atoms with E-state index in [4.69, 9.17) is 10.6 Å². The first-order valence-electron chi connectivity index (χ1n) is 6.82. The molecule has 0 bridgehead atoms. The van der Waals surface area contributed by atoms with Crippen molar-refractivity contribution in [1.29, 1.82) is 0 Å². The van der Waals surface area contributed by atoms with Crippen molar-refractivity contribution in [1.82, 2.24) is 5.43 Å². The second-order valence-electron chi connectivity index (χ2n) is 5.36. The lowest BCUT2D eigenvalue weighted by Crippen LogP contribution is -2.29. The van der Waals surface area contributed by atoms with Crippen molar-refractivity contribution in [2.75, 3.05) is 0 Å². The van der Waals surface area contributed by atoms with Gasteiger partial charge in [0.1, 0.15) is 0 Å². The van der Waals surface area contributed by atoms with Gasteiger partial charge in [0.15, 0.2) is 0 Å². The van der Waals surface area contributed by atoms with Crippen LogP contribution in [0.15, 0.2) is 6.07 Å². The SMILES string of the molecule is Cc1sc(C(=O)NN)cc1COC1CCC(C)CC1. The molecule has 2 rings (SSSR count). The van der Waals surface area contributed by atoms with Gasteiger partial charge in [0, 0.05) is 4.88 Å². The first kappa shape index (κ1) is 14.5. The minimum absolute atomic E-state index is 0.231. The lowest BCUT2D eigenvalue weighted by atomic mass is 9.89. The molecule has 0 saturated heterocycles. The predicted molar refractivity (Wildman–Crippen MR) is 76.9 cm³/mol. The summed E-state index contributed by atoms with van der Waals surface area (Å²) in [5.41, 5.74) is 3.26. The Morgan fingerprint density at radius 2 is 2.16 bits per heavy atom. The van der Waals surface area contributed by atoms with Crippen molar-refractivity contribution in [2.24, 2.45) is 11.8 Å². The quantitative estimate of drug-likeness (QED) is 0.507. The lowest BCUT2D eigenvalue weighted by Gasteiger charge is -2.26. The van der Waals surface area contributed by atoms with Gasteiger partial charge >= 0.3 is 0 Å². The molecule has 4 nitrogen and oxygen atoms in total. The molecule has 0 radical (unpaired) electrons. The van der Waals surface area contributed by atoms with Crippen LogP contribution in [-0.2, 0) is 11.3 Å². The zero-order chi connectivity index (χ0) is 13.8. The maximum Gasteiger partial charge on any atom is 0.275 e. The molecule has 1 heterocycles. The molecular formula is C14H22N2O2S. The highest BCUT2D eigenvalue weighted by Gasteiger charge is 2.19. The van der Waals surface area contributed by atoms with Crippen LogP contribution in [0.3, 0.4) is 0 Å². The number of carbonyl (C=O) groups excluding carboxylic acids is 1. The summed E-state index contributed by atoms with van der Waals surface area (Å²) in [5, 5.41) is 0. The number of ether oxygens (including phenoxy) is 1. The van der Waals surface area contributed by atoms with Gasteiger partial charge < -0.3 is 4.74 Å². The molecule has 1 aromatic heterocycles. The molecule has 0 aromatic carbocycles. The van der Waals surface area contributed by atoms with Gasteiger partial charge in [0.05, 0.1) is 17.6 Å². The second-order valence-corrected chi connectivity index (χ2v) is 6.61. The zero-order valence-electron chi connectivity index (χ0n) is 11.6. The summed E-state index contributed by atoms with van der Waals surface area (Å²) in [4.78, 5) is 13.2. The van der Waals surface area contributed by atoms with Gasteiger partial charge in [-0.1, -0.05) is 6.92 Å².